The molecule has 0 aliphatic rings. The Balaban J connectivity index is 1.72. The van der Waals surface area contributed by atoms with Crippen LogP contribution in [-0.4, -0.2) is 26.7 Å². The molecule has 0 N–H and O–H groups in total. The van der Waals surface area contributed by atoms with Gasteiger partial charge in [-0.3, -0.25) is 9.58 Å². The lowest BCUT2D eigenvalue weighted by Gasteiger charge is -2.15. The predicted octanol–water partition coefficient (Wildman–Crippen LogP) is 4.45. The van der Waals surface area contributed by atoms with Crippen molar-refractivity contribution in [2.24, 2.45) is 7.05 Å². The maximum atomic E-state index is 6.27. The molecule has 2 heterocycles. The third-order valence-electron chi connectivity index (χ3n) is 4.17. The number of aromatic nitrogens is 3. The number of thiazole rings is 1. The van der Waals surface area contributed by atoms with E-state index in [4.69, 9.17) is 16.6 Å². The van der Waals surface area contributed by atoms with Gasteiger partial charge in [0.05, 0.1) is 16.4 Å². The summed E-state index contributed by atoms with van der Waals surface area (Å²) >= 11 is 7.90. The van der Waals surface area contributed by atoms with E-state index < -0.39 is 0 Å². The molecule has 6 heteroatoms. The minimum Gasteiger partial charge on any atom is -0.296 e. The minimum absolute atomic E-state index is 0.744. The molecule has 0 radical (unpaired) electrons. The average Bonchev–Trinajstić information content (AvgIpc) is 3.08. The number of nitrogens with zero attached hydrogens (tertiary/aromatic N) is 4. The number of hydrogen-bond donors (Lipinski definition) is 0. The summed E-state index contributed by atoms with van der Waals surface area (Å²) in [7, 11) is 4.10. The van der Waals surface area contributed by atoms with Crippen molar-refractivity contribution >= 4 is 22.9 Å². The molecule has 0 amide bonds. The smallest absolute Gasteiger partial charge is 0.125 e. The predicted molar refractivity (Wildman–Crippen MR) is 100 cm³/mol. The van der Waals surface area contributed by atoms with Gasteiger partial charge in [-0.2, -0.15) is 5.10 Å². The van der Waals surface area contributed by atoms with Crippen LogP contribution in [0.1, 0.15) is 22.6 Å². The Morgan fingerprint density at radius 3 is 2.62 bits per heavy atom. The number of hydrogen-bond acceptors (Lipinski definition) is 4. The quantitative estimate of drug-likeness (QED) is 0.674. The molecule has 4 nitrogen and oxygen atoms in total. The zero-order chi connectivity index (χ0) is 17.3. The third-order valence-corrected chi connectivity index (χ3v) is 5.43. The van der Waals surface area contributed by atoms with Crippen LogP contribution in [0.2, 0.25) is 5.02 Å². The van der Waals surface area contributed by atoms with Crippen LogP contribution in [0.15, 0.2) is 29.6 Å². The highest BCUT2D eigenvalue weighted by atomic mass is 35.5. The Morgan fingerprint density at radius 2 is 1.96 bits per heavy atom. The highest BCUT2D eigenvalue weighted by Gasteiger charge is 2.14. The fraction of sp³-hybridized carbons (Fsp3) is 0.333. The van der Waals surface area contributed by atoms with Crippen molar-refractivity contribution < 1.29 is 0 Å². The van der Waals surface area contributed by atoms with Crippen LogP contribution in [0.5, 0.6) is 0 Å². The van der Waals surface area contributed by atoms with Crippen molar-refractivity contribution in [3.05, 3.63) is 57.3 Å². The Labute approximate surface area is 151 Å². The van der Waals surface area contributed by atoms with Crippen molar-refractivity contribution in [3.8, 4) is 10.6 Å². The second-order valence-corrected chi connectivity index (χ2v) is 7.33. The second-order valence-electron chi connectivity index (χ2n) is 6.07. The first-order valence-corrected chi connectivity index (χ1v) is 9.08. The Hall–Kier alpha value is -1.69. The van der Waals surface area contributed by atoms with Crippen LogP contribution in [0.4, 0.5) is 0 Å². The van der Waals surface area contributed by atoms with Gasteiger partial charge in [0, 0.05) is 42.3 Å². The van der Waals surface area contributed by atoms with Crippen LogP contribution in [-0.2, 0) is 20.1 Å². The lowest BCUT2D eigenvalue weighted by atomic mass is 10.2. The number of benzene rings is 1. The molecule has 126 valence electrons. The highest BCUT2D eigenvalue weighted by molar-refractivity contribution is 7.13. The van der Waals surface area contributed by atoms with Gasteiger partial charge in [-0.05, 0) is 27.0 Å². The molecule has 0 saturated carbocycles. The van der Waals surface area contributed by atoms with E-state index in [2.05, 4.69) is 36.3 Å². The Kier molecular flexibility index (Phi) is 5.04. The van der Waals surface area contributed by atoms with E-state index in [1.54, 1.807) is 11.3 Å². The molecule has 0 aliphatic carbocycles. The van der Waals surface area contributed by atoms with Crippen LogP contribution in [0.3, 0.4) is 0 Å². The van der Waals surface area contributed by atoms with Gasteiger partial charge in [0.2, 0.25) is 0 Å². The highest BCUT2D eigenvalue weighted by Crippen LogP contribution is 2.30. The maximum Gasteiger partial charge on any atom is 0.125 e. The van der Waals surface area contributed by atoms with Gasteiger partial charge in [-0.25, -0.2) is 4.98 Å². The molecule has 0 aliphatic heterocycles. The topological polar surface area (TPSA) is 34.0 Å². The van der Waals surface area contributed by atoms with Crippen LogP contribution >= 0.6 is 22.9 Å². The van der Waals surface area contributed by atoms with Crippen molar-refractivity contribution in [2.75, 3.05) is 7.05 Å². The summed E-state index contributed by atoms with van der Waals surface area (Å²) in [5.74, 6) is 0. The van der Waals surface area contributed by atoms with Crippen LogP contribution in [0.25, 0.3) is 10.6 Å². The zero-order valence-corrected chi connectivity index (χ0v) is 15.9. The monoisotopic (exact) mass is 360 g/mol. The average molecular weight is 361 g/mol. The lowest BCUT2D eigenvalue weighted by molar-refractivity contribution is 0.314. The van der Waals surface area contributed by atoms with E-state index in [1.165, 1.54) is 11.3 Å². The van der Waals surface area contributed by atoms with Crippen molar-refractivity contribution in [1.29, 1.82) is 0 Å². The molecule has 1 aromatic carbocycles. The second kappa shape index (κ2) is 7.05. The van der Waals surface area contributed by atoms with E-state index in [-0.39, 0.29) is 0 Å². The summed E-state index contributed by atoms with van der Waals surface area (Å²) in [5.41, 5.74) is 5.67. The first kappa shape index (κ1) is 17.1. The summed E-state index contributed by atoms with van der Waals surface area (Å²) in [6, 6.07) is 7.84. The van der Waals surface area contributed by atoms with Crippen LogP contribution < -0.4 is 0 Å². The van der Waals surface area contributed by atoms with Gasteiger partial charge in [-0.15, -0.1) is 11.3 Å². The Morgan fingerprint density at radius 1 is 1.21 bits per heavy atom. The van der Waals surface area contributed by atoms with E-state index in [1.807, 2.05) is 36.0 Å². The first-order valence-electron chi connectivity index (χ1n) is 7.82. The van der Waals surface area contributed by atoms with Gasteiger partial charge >= 0.3 is 0 Å². The molecule has 24 heavy (non-hydrogen) atoms. The van der Waals surface area contributed by atoms with Crippen molar-refractivity contribution in [1.82, 2.24) is 19.7 Å². The van der Waals surface area contributed by atoms with E-state index in [9.17, 15) is 0 Å². The number of aryl methyl sites for hydroxylation is 2. The molecule has 2 aromatic heterocycles. The third kappa shape index (κ3) is 3.53. The van der Waals surface area contributed by atoms with Crippen molar-refractivity contribution in [3.63, 3.8) is 0 Å². The van der Waals surface area contributed by atoms with E-state index in [0.717, 1.165) is 40.1 Å². The minimum atomic E-state index is 0.744. The lowest BCUT2D eigenvalue weighted by Crippen LogP contribution is -2.18. The fourth-order valence-electron chi connectivity index (χ4n) is 2.79. The zero-order valence-electron chi connectivity index (χ0n) is 14.4. The first-order chi connectivity index (χ1) is 11.5. The summed E-state index contributed by atoms with van der Waals surface area (Å²) in [5, 5.41) is 8.31. The molecule has 0 saturated heterocycles. The molecule has 0 unspecified atom stereocenters. The van der Waals surface area contributed by atoms with Gasteiger partial charge in [0.15, 0.2) is 0 Å². The van der Waals surface area contributed by atoms with Crippen molar-refractivity contribution in [2.45, 2.75) is 26.9 Å². The number of rotatable bonds is 5. The summed E-state index contributed by atoms with van der Waals surface area (Å²) < 4.78 is 1.94. The number of halogens is 1. The molecule has 3 rings (SSSR count). The van der Waals surface area contributed by atoms with Crippen LogP contribution in [0, 0.1) is 13.8 Å². The molecule has 0 fully saturated rings. The standard InChI is InChI=1S/C18H21ClN4S/c1-12-16(13(2)23(4)21-12)10-22(3)9-14-11-24-18(20-14)15-7-5-6-8-17(15)19/h5-8,11H,9-10H2,1-4H3. The Bertz CT molecular complexity index is 853. The van der Waals surface area contributed by atoms with Gasteiger partial charge in [-0.1, -0.05) is 29.8 Å². The van der Waals surface area contributed by atoms with Gasteiger partial charge < -0.3 is 0 Å². The van der Waals surface area contributed by atoms with Gasteiger partial charge in [0.1, 0.15) is 5.01 Å². The van der Waals surface area contributed by atoms with Gasteiger partial charge in [0.25, 0.3) is 0 Å². The summed E-state index contributed by atoms with van der Waals surface area (Å²) in [6.07, 6.45) is 0. The molecule has 0 spiro atoms. The summed E-state index contributed by atoms with van der Waals surface area (Å²) in [4.78, 5) is 7.01. The molecular weight excluding hydrogens is 340 g/mol. The molecule has 3 aromatic rings. The maximum absolute atomic E-state index is 6.27. The normalized spacial score (nSPS) is 11.4. The largest absolute Gasteiger partial charge is 0.296 e. The van der Waals surface area contributed by atoms with E-state index >= 15 is 0 Å². The molecule has 0 atom stereocenters. The molecule has 0 bridgehead atoms. The fourth-order valence-corrected chi connectivity index (χ4v) is 3.92. The molecular formula is C18H21ClN4S. The SMILES string of the molecule is Cc1nn(C)c(C)c1CN(C)Cc1csc(-c2ccccc2Cl)n1. The van der Waals surface area contributed by atoms with E-state index in [0.29, 0.717) is 0 Å². The summed E-state index contributed by atoms with van der Waals surface area (Å²) in [6.45, 7) is 5.84.